The number of hydrogen-bond donors (Lipinski definition) is 0. The Kier molecular flexibility index (Phi) is 5.95. The molecule has 1 atom stereocenters. The van der Waals surface area contributed by atoms with E-state index >= 15 is 0 Å². The second-order valence-corrected chi connectivity index (χ2v) is 5.17. The lowest BCUT2D eigenvalue weighted by Crippen LogP contribution is -2.44. The van der Waals surface area contributed by atoms with Gasteiger partial charge in [0, 0.05) is 18.5 Å². The van der Waals surface area contributed by atoms with Gasteiger partial charge in [0.25, 0.3) is 0 Å². The van der Waals surface area contributed by atoms with Crippen molar-refractivity contribution in [1.29, 1.82) is 0 Å². The monoisotopic (exact) mass is 232 g/mol. The molecule has 0 aliphatic carbocycles. The molecule has 0 aromatic heterocycles. The molecule has 0 saturated carbocycles. The Morgan fingerprint density at radius 2 is 2.00 bits per heavy atom. The molecule has 0 aromatic rings. The number of nitrogens with zero attached hydrogens (tertiary/aromatic N) is 2. The van der Waals surface area contributed by atoms with Crippen molar-refractivity contribution in [2.45, 2.75) is 32.7 Å². The Morgan fingerprint density at radius 1 is 1.40 bits per heavy atom. The van der Waals surface area contributed by atoms with Crippen molar-refractivity contribution >= 4 is 11.6 Å². The molecule has 1 aliphatic rings. The van der Waals surface area contributed by atoms with Crippen LogP contribution in [0, 0.1) is 5.92 Å². The Bertz CT molecular complexity index is 167. The third kappa shape index (κ3) is 4.29. The van der Waals surface area contributed by atoms with E-state index in [1.807, 2.05) is 0 Å². The number of hydrogen-bond acceptors (Lipinski definition) is 2. The lowest BCUT2D eigenvalue weighted by Gasteiger charge is -2.37. The largest absolute Gasteiger partial charge is 0.303 e. The summed E-state index contributed by atoms with van der Waals surface area (Å²) in [4.78, 5) is 5.04. The summed E-state index contributed by atoms with van der Waals surface area (Å²) in [6.07, 6.45) is 2.64. The minimum Gasteiger partial charge on any atom is -0.303 e. The highest BCUT2D eigenvalue weighted by atomic mass is 35.5. The van der Waals surface area contributed by atoms with E-state index in [9.17, 15) is 0 Å². The molecule has 2 nitrogen and oxygen atoms in total. The number of rotatable bonds is 5. The summed E-state index contributed by atoms with van der Waals surface area (Å²) in [6, 6.07) is 0.776. The third-order valence-electron chi connectivity index (χ3n) is 3.49. The van der Waals surface area contributed by atoms with Crippen LogP contribution in [0.15, 0.2) is 0 Å². The molecule has 1 fully saturated rings. The first-order valence-corrected chi connectivity index (χ1v) is 6.69. The first-order chi connectivity index (χ1) is 7.17. The number of alkyl halides is 1. The third-order valence-corrected chi connectivity index (χ3v) is 4.02. The lowest BCUT2D eigenvalue weighted by molar-refractivity contribution is 0.123. The smallest absolute Gasteiger partial charge is 0.0261 e. The summed E-state index contributed by atoms with van der Waals surface area (Å²) in [5.74, 6) is 1.39. The Hall–Kier alpha value is 0.210. The van der Waals surface area contributed by atoms with Crippen molar-refractivity contribution in [3.05, 3.63) is 0 Å². The molecule has 0 aromatic carbocycles. The molecule has 3 heteroatoms. The molecule has 90 valence electrons. The van der Waals surface area contributed by atoms with Gasteiger partial charge in [-0.2, -0.15) is 0 Å². The van der Waals surface area contributed by atoms with Crippen LogP contribution in [0.1, 0.15) is 26.7 Å². The van der Waals surface area contributed by atoms with Crippen molar-refractivity contribution in [3.63, 3.8) is 0 Å². The van der Waals surface area contributed by atoms with Crippen LogP contribution < -0.4 is 0 Å². The van der Waals surface area contributed by atoms with E-state index in [1.54, 1.807) is 0 Å². The maximum atomic E-state index is 5.85. The van der Waals surface area contributed by atoms with Crippen LogP contribution in [-0.2, 0) is 0 Å². The molecule has 0 spiro atoms. The van der Waals surface area contributed by atoms with E-state index in [0.29, 0.717) is 5.92 Å². The normalized spacial score (nSPS) is 22.2. The quantitative estimate of drug-likeness (QED) is 0.672. The standard InChI is InChI=1S/C12H25ClN2/c1-4-15-7-5-12(6-8-15)14(3)10-11(2)9-13/h11-12H,4-10H2,1-3H3. The van der Waals surface area contributed by atoms with E-state index in [2.05, 4.69) is 30.7 Å². The topological polar surface area (TPSA) is 6.48 Å². The average molecular weight is 233 g/mol. The summed E-state index contributed by atoms with van der Waals surface area (Å²) >= 11 is 5.85. The van der Waals surface area contributed by atoms with Crippen molar-refractivity contribution in [1.82, 2.24) is 9.80 Å². The van der Waals surface area contributed by atoms with Gasteiger partial charge in [-0.1, -0.05) is 13.8 Å². The first kappa shape index (κ1) is 13.3. The van der Waals surface area contributed by atoms with E-state index in [0.717, 1.165) is 18.5 Å². The zero-order valence-electron chi connectivity index (χ0n) is 10.4. The van der Waals surface area contributed by atoms with E-state index in [4.69, 9.17) is 11.6 Å². The molecule has 15 heavy (non-hydrogen) atoms. The zero-order valence-corrected chi connectivity index (χ0v) is 11.1. The molecule has 0 N–H and O–H groups in total. The van der Waals surface area contributed by atoms with Gasteiger partial charge in [-0.15, -0.1) is 11.6 Å². The minimum atomic E-state index is 0.612. The second kappa shape index (κ2) is 6.72. The molecular formula is C12H25ClN2. The van der Waals surface area contributed by atoms with Gasteiger partial charge in [0.1, 0.15) is 0 Å². The molecule has 1 aliphatic heterocycles. The second-order valence-electron chi connectivity index (χ2n) is 4.86. The maximum absolute atomic E-state index is 5.85. The highest BCUT2D eigenvalue weighted by Crippen LogP contribution is 2.16. The number of likely N-dealkylation sites (tertiary alicyclic amines) is 1. The summed E-state index contributed by atoms with van der Waals surface area (Å²) in [7, 11) is 2.25. The predicted octanol–water partition coefficient (Wildman–Crippen LogP) is 2.28. The van der Waals surface area contributed by atoms with Gasteiger partial charge >= 0.3 is 0 Å². The Labute approximate surface area is 99.6 Å². The Balaban J connectivity index is 2.26. The SMILES string of the molecule is CCN1CCC(N(C)CC(C)CCl)CC1. The Morgan fingerprint density at radius 3 is 2.47 bits per heavy atom. The van der Waals surface area contributed by atoms with Gasteiger partial charge in [0.15, 0.2) is 0 Å². The van der Waals surface area contributed by atoms with Crippen LogP contribution in [0.25, 0.3) is 0 Å². The summed E-state index contributed by atoms with van der Waals surface area (Å²) in [6.45, 7) is 9.35. The van der Waals surface area contributed by atoms with Gasteiger partial charge in [0.2, 0.25) is 0 Å². The van der Waals surface area contributed by atoms with Gasteiger partial charge in [-0.3, -0.25) is 0 Å². The number of piperidine rings is 1. The molecule has 1 saturated heterocycles. The van der Waals surface area contributed by atoms with E-state index in [-0.39, 0.29) is 0 Å². The van der Waals surface area contributed by atoms with Crippen molar-refractivity contribution in [3.8, 4) is 0 Å². The molecular weight excluding hydrogens is 208 g/mol. The molecule has 0 radical (unpaired) electrons. The molecule has 1 rings (SSSR count). The predicted molar refractivity (Wildman–Crippen MR) is 67.7 cm³/mol. The van der Waals surface area contributed by atoms with Crippen molar-refractivity contribution in [2.24, 2.45) is 5.92 Å². The fourth-order valence-electron chi connectivity index (χ4n) is 2.37. The van der Waals surface area contributed by atoms with Crippen LogP contribution in [0.4, 0.5) is 0 Å². The van der Waals surface area contributed by atoms with E-state index in [1.165, 1.54) is 32.5 Å². The van der Waals surface area contributed by atoms with Crippen LogP contribution in [-0.4, -0.2) is 54.9 Å². The molecule has 0 bridgehead atoms. The van der Waals surface area contributed by atoms with Gasteiger partial charge in [-0.25, -0.2) is 0 Å². The molecule has 0 amide bonds. The minimum absolute atomic E-state index is 0.612. The van der Waals surface area contributed by atoms with Crippen LogP contribution in [0.3, 0.4) is 0 Å². The summed E-state index contributed by atoms with van der Waals surface area (Å²) < 4.78 is 0. The summed E-state index contributed by atoms with van der Waals surface area (Å²) in [5, 5.41) is 0. The van der Waals surface area contributed by atoms with Gasteiger partial charge in [-0.05, 0) is 45.4 Å². The average Bonchev–Trinajstić information content (AvgIpc) is 2.29. The van der Waals surface area contributed by atoms with Crippen molar-refractivity contribution in [2.75, 3.05) is 39.1 Å². The highest BCUT2D eigenvalue weighted by molar-refractivity contribution is 6.18. The van der Waals surface area contributed by atoms with Gasteiger partial charge < -0.3 is 9.80 Å². The van der Waals surface area contributed by atoms with Crippen molar-refractivity contribution < 1.29 is 0 Å². The summed E-state index contributed by atoms with van der Waals surface area (Å²) in [5.41, 5.74) is 0. The number of halogens is 1. The highest BCUT2D eigenvalue weighted by Gasteiger charge is 2.22. The van der Waals surface area contributed by atoms with Crippen LogP contribution in [0.2, 0.25) is 0 Å². The van der Waals surface area contributed by atoms with Crippen LogP contribution in [0.5, 0.6) is 0 Å². The fourth-order valence-corrected chi connectivity index (χ4v) is 2.46. The molecule has 1 unspecified atom stereocenters. The maximum Gasteiger partial charge on any atom is 0.0261 e. The van der Waals surface area contributed by atoms with Crippen LogP contribution >= 0.6 is 11.6 Å². The first-order valence-electron chi connectivity index (χ1n) is 6.16. The lowest BCUT2D eigenvalue weighted by atomic mass is 10.0. The fraction of sp³-hybridized carbons (Fsp3) is 1.00. The van der Waals surface area contributed by atoms with Gasteiger partial charge in [0.05, 0.1) is 0 Å². The zero-order chi connectivity index (χ0) is 11.3. The van der Waals surface area contributed by atoms with E-state index < -0.39 is 0 Å². The molecule has 1 heterocycles.